The molecule has 6 heteroatoms. The first-order valence-corrected chi connectivity index (χ1v) is 8.59. The number of nitriles is 1. The summed E-state index contributed by atoms with van der Waals surface area (Å²) in [7, 11) is 1.60. The van der Waals surface area contributed by atoms with E-state index in [9.17, 15) is 5.26 Å². The zero-order valence-corrected chi connectivity index (χ0v) is 15.7. The first-order valence-electron chi connectivity index (χ1n) is 5.89. The first kappa shape index (κ1) is 16.3. The van der Waals surface area contributed by atoms with Crippen molar-refractivity contribution in [3.63, 3.8) is 0 Å². The van der Waals surface area contributed by atoms with Gasteiger partial charge in [0, 0.05) is 5.33 Å². The number of ether oxygens (including phenoxy) is 2. The van der Waals surface area contributed by atoms with Crippen LogP contribution in [0.4, 0.5) is 0 Å². The van der Waals surface area contributed by atoms with Crippen molar-refractivity contribution in [3.05, 3.63) is 50.4 Å². The average Bonchev–Trinajstić information content (AvgIpc) is 2.50. The van der Waals surface area contributed by atoms with Gasteiger partial charge < -0.3 is 9.47 Å². The Hall–Kier alpha value is -1.03. The summed E-state index contributed by atoms with van der Waals surface area (Å²) >= 11 is 10.2. The van der Waals surface area contributed by atoms with Crippen LogP contribution in [0.3, 0.4) is 0 Å². The third kappa shape index (κ3) is 3.79. The van der Waals surface area contributed by atoms with Crippen LogP contribution in [0.15, 0.2) is 39.3 Å². The minimum absolute atomic E-state index is 0.491. The Morgan fingerprint density at radius 2 is 1.71 bits per heavy atom. The van der Waals surface area contributed by atoms with Gasteiger partial charge in [-0.15, -0.1) is 0 Å². The second-order valence-corrected chi connectivity index (χ2v) is 6.36. The average molecular weight is 476 g/mol. The van der Waals surface area contributed by atoms with Crippen LogP contribution in [0.5, 0.6) is 17.2 Å². The highest BCUT2D eigenvalue weighted by molar-refractivity contribution is 9.11. The van der Waals surface area contributed by atoms with Crippen LogP contribution in [0, 0.1) is 11.3 Å². The molecule has 2 aromatic rings. The highest BCUT2D eigenvalue weighted by atomic mass is 79.9. The Labute approximate surface area is 148 Å². The van der Waals surface area contributed by atoms with E-state index < -0.39 is 0 Å². The summed E-state index contributed by atoms with van der Waals surface area (Å²) in [6.07, 6.45) is 0. The van der Waals surface area contributed by atoms with Gasteiger partial charge >= 0.3 is 0 Å². The van der Waals surface area contributed by atoms with E-state index in [1.165, 1.54) is 0 Å². The van der Waals surface area contributed by atoms with E-state index in [1.54, 1.807) is 31.4 Å². The molecule has 0 N–H and O–H groups in total. The second kappa shape index (κ2) is 7.30. The van der Waals surface area contributed by atoms with Crippen molar-refractivity contribution < 1.29 is 9.47 Å². The summed E-state index contributed by atoms with van der Waals surface area (Å²) in [5.74, 6) is 1.81. The standard InChI is InChI=1S/C15H10Br3NO2/c1-20-14-5-12(18)15(6-11(14)17)21-13-3-2-9(7-16)4-10(13)8-19/h2-6H,7H2,1H3. The van der Waals surface area contributed by atoms with Gasteiger partial charge in [0.25, 0.3) is 0 Å². The number of halogens is 3. The quantitative estimate of drug-likeness (QED) is 0.526. The molecule has 0 radical (unpaired) electrons. The molecule has 0 unspecified atom stereocenters. The number of benzene rings is 2. The lowest BCUT2D eigenvalue weighted by Crippen LogP contribution is -1.92. The van der Waals surface area contributed by atoms with Gasteiger partial charge in [-0.2, -0.15) is 5.26 Å². The van der Waals surface area contributed by atoms with E-state index in [1.807, 2.05) is 6.07 Å². The fourth-order valence-corrected chi connectivity index (χ4v) is 2.94. The molecular weight excluding hydrogens is 466 g/mol. The lowest BCUT2D eigenvalue weighted by molar-refractivity contribution is 0.409. The maximum absolute atomic E-state index is 9.24. The van der Waals surface area contributed by atoms with Gasteiger partial charge in [-0.1, -0.05) is 22.0 Å². The van der Waals surface area contributed by atoms with Crippen molar-refractivity contribution in [2.45, 2.75) is 5.33 Å². The molecule has 0 saturated carbocycles. The number of hydrogen-bond acceptors (Lipinski definition) is 3. The fourth-order valence-electron chi connectivity index (χ4n) is 1.70. The van der Waals surface area contributed by atoms with Crippen LogP contribution >= 0.6 is 47.8 Å². The molecule has 3 nitrogen and oxygen atoms in total. The largest absolute Gasteiger partial charge is 0.496 e. The lowest BCUT2D eigenvalue weighted by Gasteiger charge is -2.12. The molecule has 108 valence electrons. The van der Waals surface area contributed by atoms with E-state index in [2.05, 4.69) is 53.9 Å². The molecular formula is C15H10Br3NO2. The third-order valence-electron chi connectivity index (χ3n) is 2.74. The van der Waals surface area contributed by atoms with Gasteiger partial charge in [0.2, 0.25) is 0 Å². The molecule has 0 aliphatic rings. The van der Waals surface area contributed by atoms with E-state index in [-0.39, 0.29) is 0 Å². The van der Waals surface area contributed by atoms with Gasteiger partial charge in [-0.05, 0) is 61.7 Å². The van der Waals surface area contributed by atoms with Crippen molar-refractivity contribution in [1.82, 2.24) is 0 Å². The predicted octanol–water partition coefficient (Wildman–Crippen LogP) is 5.78. The smallest absolute Gasteiger partial charge is 0.145 e. The van der Waals surface area contributed by atoms with Crippen LogP contribution in [-0.4, -0.2) is 7.11 Å². The van der Waals surface area contributed by atoms with Crippen molar-refractivity contribution >= 4 is 47.8 Å². The Bertz CT molecular complexity index is 711. The molecule has 0 aromatic heterocycles. The van der Waals surface area contributed by atoms with Gasteiger partial charge in [0.1, 0.15) is 23.3 Å². The maximum atomic E-state index is 9.24. The highest BCUT2D eigenvalue weighted by Crippen LogP contribution is 2.38. The normalized spacial score (nSPS) is 10.0. The highest BCUT2D eigenvalue weighted by Gasteiger charge is 2.12. The summed E-state index contributed by atoms with van der Waals surface area (Å²) in [4.78, 5) is 0. The molecule has 0 spiro atoms. The van der Waals surface area contributed by atoms with E-state index in [4.69, 9.17) is 9.47 Å². The Morgan fingerprint density at radius 3 is 2.33 bits per heavy atom. The van der Waals surface area contributed by atoms with Gasteiger partial charge in [-0.25, -0.2) is 0 Å². The predicted molar refractivity (Wildman–Crippen MR) is 92.3 cm³/mol. The molecule has 0 aliphatic carbocycles. The van der Waals surface area contributed by atoms with Crippen LogP contribution in [0.1, 0.15) is 11.1 Å². The zero-order chi connectivity index (χ0) is 15.4. The molecule has 2 rings (SSSR count). The zero-order valence-electron chi connectivity index (χ0n) is 11.0. The molecule has 0 amide bonds. The van der Waals surface area contributed by atoms with E-state index in [0.717, 1.165) is 14.5 Å². The number of methoxy groups -OCH3 is 1. The molecule has 0 saturated heterocycles. The summed E-state index contributed by atoms with van der Waals surface area (Å²) in [5.41, 5.74) is 1.51. The van der Waals surface area contributed by atoms with E-state index in [0.29, 0.717) is 28.1 Å². The Balaban J connectivity index is 2.39. The summed E-state index contributed by atoms with van der Waals surface area (Å²) in [5, 5.41) is 9.93. The van der Waals surface area contributed by atoms with Crippen molar-refractivity contribution in [1.29, 1.82) is 5.26 Å². The topological polar surface area (TPSA) is 42.2 Å². The van der Waals surface area contributed by atoms with Crippen LogP contribution in [0.2, 0.25) is 0 Å². The van der Waals surface area contributed by atoms with E-state index >= 15 is 0 Å². The minimum atomic E-state index is 0.491. The van der Waals surface area contributed by atoms with Gasteiger partial charge in [-0.3, -0.25) is 0 Å². The van der Waals surface area contributed by atoms with Crippen molar-refractivity contribution in [2.75, 3.05) is 7.11 Å². The van der Waals surface area contributed by atoms with Crippen molar-refractivity contribution in [3.8, 4) is 23.3 Å². The van der Waals surface area contributed by atoms with Gasteiger partial charge in [0.15, 0.2) is 0 Å². The van der Waals surface area contributed by atoms with Crippen LogP contribution < -0.4 is 9.47 Å². The maximum Gasteiger partial charge on any atom is 0.145 e. The molecule has 2 aromatic carbocycles. The number of hydrogen-bond donors (Lipinski definition) is 0. The summed E-state index contributed by atoms with van der Waals surface area (Å²) in [6.45, 7) is 0. The minimum Gasteiger partial charge on any atom is -0.496 e. The Morgan fingerprint density at radius 1 is 1.05 bits per heavy atom. The second-order valence-electron chi connectivity index (χ2n) is 4.10. The van der Waals surface area contributed by atoms with Crippen molar-refractivity contribution in [2.24, 2.45) is 0 Å². The van der Waals surface area contributed by atoms with Crippen LogP contribution in [-0.2, 0) is 5.33 Å². The fraction of sp³-hybridized carbons (Fsp3) is 0.133. The summed E-state index contributed by atoms with van der Waals surface area (Å²) < 4.78 is 12.6. The number of alkyl halides is 1. The molecule has 0 fully saturated rings. The molecule has 0 bridgehead atoms. The lowest BCUT2D eigenvalue weighted by atomic mass is 10.1. The molecule has 0 atom stereocenters. The van der Waals surface area contributed by atoms with Crippen LogP contribution in [0.25, 0.3) is 0 Å². The molecule has 0 aliphatic heterocycles. The Kier molecular flexibility index (Phi) is 5.68. The first-order chi connectivity index (χ1) is 10.1. The number of nitrogens with zero attached hydrogens (tertiary/aromatic N) is 1. The monoisotopic (exact) mass is 473 g/mol. The summed E-state index contributed by atoms with van der Waals surface area (Å²) in [6, 6.07) is 11.3. The SMILES string of the molecule is COc1cc(Br)c(Oc2ccc(CBr)cc2C#N)cc1Br. The molecule has 0 heterocycles. The number of rotatable bonds is 4. The van der Waals surface area contributed by atoms with Gasteiger partial charge in [0.05, 0.1) is 21.6 Å². The third-order valence-corrected chi connectivity index (χ3v) is 4.63. The molecule has 21 heavy (non-hydrogen) atoms.